The summed E-state index contributed by atoms with van der Waals surface area (Å²) in [6, 6.07) is 13.7. The maximum atomic E-state index is 6.10. The van der Waals surface area contributed by atoms with Gasteiger partial charge in [0.1, 0.15) is 5.52 Å². The summed E-state index contributed by atoms with van der Waals surface area (Å²) < 4.78 is 1.86. The Kier molecular flexibility index (Phi) is 3.67. The number of fused-ring (bicyclic) bond motifs is 1. The lowest BCUT2D eigenvalue weighted by molar-refractivity contribution is 0.714. The monoisotopic (exact) mass is 286 g/mol. The minimum absolute atomic E-state index is 0.728. The van der Waals surface area contributed by atoms with E-state index in [0.29, 0.717) is 0 Å². The molecule has 5 heteroatoms. The standard InChI is InChI=1S/C15H15ClN4/c1-2-17-10-11-9-12(16)7-8-14(11)20-15-6-4-3-5-13(15)18-19-20/h3-9,17H,2,10H2,1H3. The van der Waals surface area contributed by atoms with Crippen LogP contribution in [0.25, 0.3) is 16.7 Å². The molecule has 0 aliphatic rings. The van der Waals surface area contributed by atoms with Crippen LogP contribution in [0.15, 0.2) is 42.5 Å². The number of hydrogen-bond acceptors (Lipinski definition) is 3. The van der Waals surface area contributed by atoms with E-state index in [2.05, 4.69) is 22.6 Å². The molecule has 0 unspecified atom stereocenters. The predicted molar refractivity (Wildman–Crippen MR) is 81.3 cm³/mol. The highest BCUT2D eigenvalue weighted by molar-refractivity contribution is 6.30. The van der Waals surface area contributed by atoms with Crippen LogP contribution in [0, 0.1) is 0 Å². The van der Waals surface area contributed by atoms with Crippen molar-refractivity contribution in [3.8, 4) is 5.69 Å². The van der Waals surface area contributed by atoms with Crippen molar-refractivity contribution < 1.29 is 0 Å². The molecule has 1 N–H and O–H groups in total. The number of aromatic nitrogens is 3. The Morgan fingerprint density at radius 1 is 1.20 bits per heavy atom. The summed E-state index contributed by atoms with van der Waals surface area (Å²) in [6.45, 7) is 3.74. The average molecular weight is 287 g/mol. The first-order valence-corrected chi connectivity index (χ1v) is 6.97. The lowest BCUT2D eigenvalue weighted by Crippen LogP contribution is -2.14. The largest absolute Gasteiger partial charge is 0.313 e. The number of hydrogen-bond donors (Lipinski definition) is 1. The summed E-state index contributed by atoms with van der Waals surface area (Å²) in [6.07, 6.45) is 0. The molecular formula is C15H15ClN4. The summed E-state index contributed by atoms with van der Waals surface area (Å²) in [5.74, 6) is 0. The summed E-state index contributed by atoms with van der Waals surface area (Å²) >= 11 is 6.10. The maximum Gasteiger partial charge on any atom is 0.113 e. The molecule has 2 aromatic carbocycles. The zero-order valence-corrected chi connectivity index (χ0v) is 11.9. The van der Waals surface area contributed by atoms with E-state index >= 15 is 0 Å². The van der Waals surface area contributed by atoms with E-state index < -0.39 is 0 Å². The molecule has 0 radical (unpaired) electrons. The normalized spacial score (nSPS) is 11.1. The molecular weight excluding hydrogens is 272 g/mol. The summed E-state index contributed by atoms with van der Waals surface area (Å²) in [5.41, 5.74) is 3.99. The Bertz CT molecular complexity index is 736. The van der Waals surface area contributed by atoms with Gasteiger partial charge in [-0.15, -0.1) is 5.10 Å². The molecule has 0 spiro atoms. The van der Waals surface area contributed by atoms with Gasteiger partial charge in [-0.3, -0.25) is 0 Å². The van der Waals surface area contributed by atoms with Crippen LogP contribution in [0.4, 0.5) is 0 Å². The predicted octanol–water partition coefficient (Wildman–Crippen LogP) is 3.18. The van der Waals surface area contributed by atoms with Crippen molar-refractivity contribution in [2.45, 2.75) is 13.5 Å². The highest BCUT2D eigenvalue weighted by Gasteiger charge is 2.10. The van der Waals surface area contributed by atoms with E-state index in [1.54, 1.807) is 0 Å². The van der Waals surface area contributed by atoms with Gasteiger partial charge in [-0.05, 0) is 42.4 Å². The van der Waals surface area contributed by atoms with Crippen LogP contribution < -0.4 is 5.32 Å². The Morgan fingerprint density at radius 3 is 2.90 bits per heavy atom. The second kappa shape index (κ2) is 5.61. The lowest BCUT2D eigenvalue weighted by atomic mass is 10.1. The van der Waals surface area contributed by atoms with Gasteiger partial charge >= 0.3 is 0 Å². The Hall–Kier alpha value is -1.91. The minimum atomic E-state index is 0.728. The molecule has 3 rings (SSSR count). The third-order valence-electron chi connectivity index (χ3n) is 3.19. The third-order valence-corrected chi connectivity index (χ3v) is 3.42. The van der Waals surface area contributed by atoms with Crippen molar-refractivity contribution in [3.63, 3.8) is 0 Å². The van der Waals surface area contributed by atoms with Crippen LogP contribution in [-0.2, 0) is 6.54 Å². The number of nitrogens with zero attached hydrogens (tertiary/aromatic N) is 3. The molecule has 0 aliphatic heterocycles. The summed E-state index contributed by atoms with van der Waals surface area (Å²) in [7, 11) is 0. The molecule has 20 heavy (non-hydrogen) atoms. The number of nitrogens with one attached hydrogen (secondary N) is 1. The molecule has 0 amide bonds. The van der Waals surface area contributed by atoms with Crippen LogP contribution in [-0.4, -0.2) is 21.5 Å². The number of rotatable bonds is 4. The van der Waals surface area contributed by atoms with Crippen LogP contribution in [0.3, 0.4) is 0 Å². The van der Waals surface area contributed by atoms with Gasteiger partial charge in [0, 0.05) is 11.6 Å². The molecule has 0 bridgehead atoms. The number of para-hydroxylation sites is 1. The fraction of sp³-hybridized carbons (Fsp3) is 0.200. The SMILES string of the molecule is CCNCc1cc(Cl)ccc1-n1nnc2ccccc21. The quantitative estimate of drug-likeness (QED) is 0.801. The average Bonchev–Trinajstić information content (AvgIpc) is 2.89. The molecule has 1 aromatic heterocycles. The zero-order chi connectivity index (χ0) is 13.9. The fourth-order valence-electron chi connectivity index (χ4n) is 2.21. The van der Waals surface area contributed by atoms with E-state index in [-0.39, 0.29) is 0 Å². The Labute approximate surface area is 122 Å². The molecule has 4 nitrogen and oxygen atoms in total. The van der Waals surface area contributed by atoms with Gasteiger partial charge in [0.15, 0.2) is 0 Å². The highest BCUT2D eigenvalue weighted by atomic mass is 35.5. The van der Waals surface area contributed by atoms with Crippen molar-refractivity contribution in [2.24, 2.45) is 0 Å². The molecule has 0 atom stereocenters. The van der Waals surface area contributed by atoms with Gasteiger partial charge in [0.2, 0.25) is 0 Å². The van der Waals surface area contributed by atoms with Crippen molar-refractivity contribution in [1.82, 2.24) is 20.3 Å². The summed E-state index contributed by atoms with van der Waals surface area (Å²) in [5, 5.41) is 12.5. The number of benzene rings is 2. The maximum absolute atomic E-state index is 6.10. The van der Waals surface area contributed by atoms with Crippen LogP contribution in [0.2, 0.25) is 5.02 Å². The first-order valence-electron chi connectivity index (χ1n) is 6.59. The van der Waals surface area contributed by atoms with Crippen molar-refractivity contribution in [1.29, 1.82) is 0 Å². The second-order valence-corrected chi connectivity index (χ2v) is 4.98. The van der Waals surface area contributed by atoms with Crippen molar-refractivity contribution >= 4 is 22.6 Å². The molecule has 102 valence electrons. The summed E-state index contributed by atoms with van der Waals surface area (Å²) in [4.78, 5) is 0. The Morgan fingerprint density at radius 2 is 2.05 bits per heavy atom. The lowest BCUT2D eigenvalue weighted by Gasteiger charge is -2.11. The highest BCUT2D eigenvalue weighted by Crippen LogP contribution is 2.22. The Balaban J connectivity index is 2.13. The molecule has 0 saturated heterocycles. The van der Waals surface area contributed by atoms with E-state index in [1.807, 2.05) is 47.1 Å². The van der Waals surface area contributed by atoms with E-state index in [1.165, 1.54) is 0 Å². The molecule has 0 aliphatic carbocycles. The van der Waals surface area contributed by atoms with Gasteiger partial charge in [-0.1, -0.05) is 35.9 Å². The third kappa shape index (κ3) is 2.40. The van der Waals surface area contributed by atoms with Gasteiger partial charge in [0.25, 0.3) is 0 Å². The topological polar surface area (TPSA) is 42.7 Å². The second-order valence-electron chi connectivity index (χ2n) is 4.54. The number of halogens is 1. The van der Waals surface area contributed by atoms with Gasteiger partial charge < -0.3 is 5.32 Å². The van der Waals surface area contributed by atoms with Crippen molar-refractivity contribution in [3.05, 3.63) is 53.1 Å². The van der Waals surface area contributed by atoms with E-state index in [4.69, 9.17) is 11.6 Å². The van der Waals surface area contributed by atoms with Crippen LogP contribution in [0.1, 0.15) is 12.5 Å². The van der Waals surface area contributed by atoms with Crippen LogP contribution >= 0.6 is 11.6 Å². The van der Waals surface area contributed by atoms with E-state index in [9.17, 15) is 0 Å². The van der Waals surface area contributed by atoms with E-state index in [0.717, 1.165) is 40.4 Å². The first-order chi connectivity index (χ1) is 9.79. The van der Waals surface area contributed by atoms with Gasteiger partial charge in [0.05, 0.1) is 11.2 Å². The van der Waals surface area contributed by atoms with Gasteiger partial charge in [-0.25, -0.2) is 4.68 Å². The molecule has 3 aromatic rings. The molecule has 0 saturated carbocycles. The van der Waals surface area contributed by atoms with Crippen LogP contribution in [0.5, 0.6) is 0 Å². The van der Waals surface area contributed by atoms with Crippen molar-refractivity contribution in [2.75, 3.05) is 6.54 Å². The molecule has 1 heterocycles. The smallest absolute Gasteiger partial charge is 0.113 e. The van der Waals surface area contributed by atoms with Gasteiger partial charge in [-0.2, -0.15) is 0 Å². The zero-order valence-electron chi connectivity index (χ0n) is 11.2. The minimum Gasteiger partial charge on any atom is -0.313 e. The first kappa shape index (κ1) is 13.1. The molecule has 0 fully saturated rings. The fourth-order valence-corrected chi connectivity index (χ4v) is 2.40.